The Labute approximate surface area is 191 Å². The highest BCUT2D eigenvalue weighted by molar-refractivity contribution is 6.09. The molecule has 33 heavy (non-hydrogen) atoms. The van der Waals surface area contributed by atoms with Crippen molar-refractivity contribution in [3.63, 3.8) is 0 Å². The fourth-order valence-corrected chi connectivity index (χ4v) is 3.46. The van der Waals surface area contributed by atoms with Crippen LogP contribution >= 0.6 is 0 Å². The minimum atomic E-state index is -0.326. The van der Waals surface area contributed by atoms with E-state index in [1.807, 2.05) is 54.6 Å². The van der Waals surface area contributed by atoms with Crippen molar-refractivity contribution in [2.24, 2.45) is 0 Å². The normalized spacial score (nSPS) is 10.6. The lowest BCUT2D eigenvalue weighted by molar-refractivity contribution is -0.120. The molecule has 0 saturated heterocycles. The first-order valence-corrected chi connectivity index (χ1v) is 10.5. The molecule has 0 saturated carbocycles. The summed E-state index contributed by atoms with van der Waals surface area (Å²) in [4.78, 5) is 26.8. The van der Waals surface area contributed by atoms with Crippen molar-refractivity contribution in [3.8, 4) is 11.3 Å². The number of H-pyrrole nitrogens is 1. The molecule has 2 amide bonds. The number of aromatic amines is 1. The molecule has 166 valence electrons. The Hall–Kier alpha value is -4.26. The van der Waals surface area contributed by atoms with Crippen LogP contribution in [0.15, 0.2) is 85.1 Å². The number of halogens is 1. The van der Waals surface area contributed by atoms with E-state index in [9.17, 15) is 14.0 Å². The minimum Gasteiger partial charge on any atom is -0.352 e. The number of hydrogen-bond acceptors (Lipinski definition) is 3. The maximum absolute atomic E-state index is 13.0. The lowest BCUT2D eigenvalue weighted by Gasteiger charge is -2.17. The second-order valence-electron chi connectivity index (χ2n) is 7.64. The van der Waals surface area contributed by atoms with Gasteiger partial charge in [-0.3, -0.25) is 14.7 Å². The molecule has 1 aromatic heterocycles. The molecule has 3 aromatic carbocycles. The topological polar surface area (TPSA) is 78.1 Å². The summed E-state index contributed by atoms with van der Waals surface area (Å²) in [6.45, 7) is 0.367. The summed E-state index contributed by atoms with van der Waals surface area (Å²) in [5.74, 6) is -0.633. The molecule has 0 bridgehead atoms. The molecule has 6 nitrogen and oxygen atoms in total. The summed E-state index contributed by atoms with van der Waals surface area (Å²) in [6.07, 6.45) is 1.72. The van der Waals surface area contributed by atoms with E-state index >= 15 is 0 Å². The van der Waals surface area contributed by atoms with Gasteiger partial charge in [0.15, 0.2) is 0 Å². The number of carbonyl (C=O) groups excluding carboxylic acids is 2. The number of hydrogen-bond donors (Lipinski definition) is 2. The molecule has 2 N–H and O–H groups in total. The van der Waals surface area contributed by atoms with Crippen LogP contribution in [-0.2, 0) is 17.8 Å². The number of anilines is 1. The van der Waals surface area contributed by atoms with Gasteiger partial charge in [0.1, 0.15) is 5.82 Å². The smallest absolute Gasteiger partial charge is 0.261 e. The molecule has 0 fully saturated rings. The average Bonchev–Trinajstić information content (AvgIpc) is 3.34. The van der Waals surface area contributed by atoms with Gasteiger partial charge in [-0.2, -0.15) is 5.10 Å². The van der Waals surface area contributed by atoms with E-state index in [0.717, 1.165) is 22.4 Å². The molecule has 0 aliphatic rings. The molecule has 0 radical (unpaired) electrons. The third kappa shape index (κ3) is 5.33. The molecule has 0 spiro atoms. The van der Waals surface area contributed by atoms with Gasteiger partial charge in [0.2, 0.25) is 5.91 Å². The van der Waals surface area contributed by atoms with Gasteiger partial charge < -0.3 is 10.2 Å². The minimum absolute atomic E-state index is 0.143. The fourth-order valence-electron chi connectivity index (χ4n) is 3.46. The van der Waals surface area contributed by atoms with Crippen LogP contribution in [0.2, 0.25) is 0 Å². The molecule has 1 heterocycles. The van der Waals surface area contributed by atoms with Crippen LogP contribution in [0.1, 0.15) is 21.5 Å². The Kier molecular flexibility index (Phi) is 6.59. The van der Waals surface area contributed by atoms with E-state index in [1.165, 1.54) is 18.3 Å². The second kappa shape index (κ2) is 9.91. The first-order valence-electron chi connectivity index (χ1n) is 10.5. The van der Waals surface area contributed by atoms with Gasteiger partial charge in [0, 0.05) is 24.8 Å². The molecular formula is C26H23FN4O2. The first kappa shape index (κ1) is 22.0. The number of amides is 2. The van der Waals surface area contributed by atoms with Crippen LogP contribution < -0.4 is 10.2 Å². The van der Waals surface area contributed by atoms with Crippen molar-refractivity contribution in [1.29, 1.82) is 0 Å². The van der Waals surface area contributed by atoms with Crippen molar-refractivity contribution < 1.29 is 14.0 Å². The number of carbonyl (C=O) groups is 2. The Balaban J connectivity index is 1.40. The van der Waals surface area contributed by atoms with Crippen molar-refractivity contribution in [1.82, 2.24) is 15.5 Å². The Morgan fingerprint density at radius 3 is 2.30 bits per heavy atom. The van der Waals surface area contributed by atoms with Crippen LogP contribution in [-0.4, -0.2) is 29.1 Å². The molecule has 4 aromatic rings. The van der Waals surface area contributed by atoms with E-state index in [2.05, 4.69) is 15.5 Å². The number of rotatable bonds is 7. The van der Waals surface area contributed by atoms with E-state index in [1.54, 1.807) is 24.1 Å². The van der Waals surface area contributed by atoms with Gasteiger partial charge in [-0.25, -0.2) is 4.39 Å². The van der Waals surface area contributed by atoms with Crippen molar-refractivity contribution in [2.75, 3.05) is 11.9 Å². The van der Waals surface area contributed by atoms with Crippen LogP contribution in [0.3, 0.4) is 0 Å². The second-order valence-corrected chi connectivity index (χ2v) is 7.64. The highest BCUT2D eigenvalue weighted by atomic mass is 19.1. The number of nitrogens with zero attached hydrogens (tertiary/aromatic N) is 2. The van der Waals surface area contributed by atoms with Crippen LogP contribution in [0.25, 0.3) is 11.3 Å². The predicted molar refractivity (Wildman–Crippen MR) is 125 cm³/mol. The van der Waals surface area contributed by atoms with E-state index < -0.39 is 0 Å². The van der Waals surface area contributed by atoms with Crippen molar-refractivity contribution >= 4 is 17.5 Å². The molecule has 7 heteroatoms. The number of para-hydroxylation sites is 1. The highest BCUT2D eigenvalue weighted by Crippen LogP contribution is 2.24. The molecule has 4 rings (SSSR count). The summed E-state index contributed by atoms with van der Waals surface area (Å²) in [5.41, 5.74) is 4.39. The zero-order valence-corrected chi connectivity index (χ0v) is 18.1. The van der Waals surface area contributed by atoms with Gasteiger partial charge in [0.25, 0.3) is 5.91 Å². The van der Waals surface area contributed by atoms with Gasteiger partial charge in [-0.05, 0) is 35.4 Å². The molecule has 0 aliphatic carbocycles. The SMILES string of the molecule is CN(C(=O)c1cn[nH]c1-c1ccc(CNC(=O)Cc2ccc(F)cc2)cc1)c1ccccc1. The summed E-state index contributed by atoms with van der Waals surface area (Å²) in [5, 5.41) is 9.85. The van der Waals surface area contributed by atoms with Gasteiger partial charge in [-0.1, -0.05) is 54.6 Å². The maximum Gasteiger partial charge on any atom is 0.261 e. The molecular weight excluding hydrogens is 419 g/mol. The summed E-state index contributed by atoms with van der Waals surface area (Å²) in [6, 6.07) is 22.8. The molecule has 0 aliphatic heterocycles. The number of benzene rings is 3. The van der Waals surface area contributed by atoms with Crippen LogP contribution in [0, 0.1) is 5.82 Å². The largest absolute Gasteiger partial charge is 0.352 e. The Morgan fingerprint density at radius 2 is 1.61 bits per heavy atom. The quantitative estimate of drug-likeness (QED) is 0.447. The summed E-state index contributed by atoms with van der Waals surface area (Å²) >= 11 is 0. The zero-order chi connectivity index (χ0) is 23.2. The lowest BCUT2D eigenvalue weighted by atomic mass is 10.0. The standard InChI is InChI=1S/C26H23FN4O2/c1-31(22-5-3-2-4-6-22)26(33)23-17-29-30-25(23)20-11-7-19(8-12-20)16-28-24(32)15-18-9-13-21(27)14-10-18/h2-14,17H,15-16H2,1H3,(H,28,32)(H,29,30). The fraction of sp³-hybridized carbons (Fsp3) is 0.115. The molecule has 0 unspecified atom stereocenters. The van der Waals surface area contributed by atoms with Gasteiger partial charge >= 0.3 is 0 Å². The highest BCUT2D eigenvalue weighted by Gasteiger charge is 2.20. The average molecular weight is 442 g/mol. The van der Waals surface area contributed by atoms with E-state index in [4.69, 9.17) is 0 Å². The van der Waals surface area contributed by atoms with Crippen molar-refractivity contribution in [3.05, 3.63) is 108 Å². The van der Waals surface area contributed by atoms with Crippen molar-refractivity contribution in [2.45, 2.75) is 13.0 Å². The molecule has 0 atom stereocenters. The van der Waals surface area contributed by atoms with Gasteiger partial charge in [-0.15, -0.1) is 0 Å². The monoisotopic (exact) mass is 442 g/mol. The number of aromatic nitrogens is 2. The summed E-state index contributed by atoms with van der Waals surface area (Å²) in [7, 11) is 1.73. The third-order valence-electron chi connectivity index (χ3n) is 5.33. The lowest BCUT2D eigenvalue weighted by Crippen LogP contribution is -2.26. The van der Waals surface area contributed by atoms with E-state index in [0.29, 0.717) is 17.8 Å². The maximum atomic E-state index is 13.0. The Bertz CT molecular complexity index is 1240. The third-order valence-corrected chi connectivity index (χ3v) is 5.33. The number of nitrogens with one attached hydrogen (secondary N) is 2. The van der Waals surface area contributed by atoms with Gasteiger partial charge in [0.05, 0.1) is 23.9 Å². The van der Waals surface area contributed by atoms with Crippen LogP contribution in [0.5, 0.6) is 0 Å². The summed E-state index contributed by atoms with van der Waals surface area (Å²) < 4.78 is 13.0. The van der Waals surface area contributed by atoms with Crippen LogP contribution in [0.4, 0.5) is 10.1 Å². The Morgan fingerprint density at radius 1 is 0.939 bits per heavy atom. The first-order chi connectivity index (χ1) is 16.0. The zero-order valence-electron chi connectivity index (χ0n) is 18.1. The van der Waals surface area contributed by atoms with E-state index in [-0.39, 0.29) is 24.1 Å². The predicted octanol–water partition coefficient (Wildman–Crippen LogP) is 4.35.